The van der Waals surface area contributed by atoms with Crippen molar-refractivity contribution >= 4 is 11.9 Å². The van der Waals surface area contributed by atoms with E-state index in [0.717, 1.165) is 0 Å². The first-order valence-electron chi connectivity index (χ1n) is 8.79. The fourth-order valence-corrected chi connectivity index (χ4v) is 2.93. The van der Waals surface area contributed by atoms with Gasteiger partial charge in [0.05, 0.1) is 17.2 Å². The Morgan fingerprint density at radius 1 is 0.852 bits per heavy atom. The van der Waals surface area contributed by atoms with Crippen LogP contribution < -0.4 is 0 Å². The van der Waals surface area contributed by atoms with Crippen molar-refractivity contribution in [1.29, 1.82) is 0 Å². The number of carbonyl (C=O) groups is 2. The molecule has 0 unspecified atom stereocenters. The molecule has 0 spiro atoms. The van der Waals surface area contributed by atoms with Crippen LogP contribution in [0.2, 0.25) is 0 Å². The largest absolute Gasteiger partial charge is 0.456 e. The fraction of sp³-hybridized carbons (Fsp3) is 0.333. The van der Waals surface area contributed by atoms with Gasteiger partial charge in [-0.25, -0.2) is 9.59 Å². The van der Waals surface area contributed by atoms with Crippen LogP contribution in [0.3, 0.4) is 0 Å². The van der Waals surface area contributed by atoms with Crippen LogP contribution in [0.4, 0.5) is 0 Å². The molecule has 1 heterocycles. The summed E-state index contributed by atoms with van der Waals surface area (Å²) in [6, 6.07) is 17.4. The number of methoxy groups -OCH3 is 1. The molecule has 142 valence electrons. The standard InChI is InChI=1S/C21H22O6/c1-14-17(26-19(22)15-9-5-3-6-10-15)13-18(21(24-2)25-14)27-20(23)16-11-7-4-8-12-16/h3-12,14,17-18,21H,13H2,1-2H3/t14-,17+,18+,21+/m0/s1. The normalized spacial score (nSPS) is 24.8. The first-order chi connectivity index (χ1) is 13.1. The quantitative estimate of drug-likeness (QED) is 0.753. The molecule has 27 heavy (non-hydrogen) atoms. The Bertz CT molecular complexity index is 761. The topological polar surface area (TPSA) is 71.1 Å². The van der Waals surface area contributed by atoms with Gasteiger partial charge >= 0.3 is 11.9 Å². The number of rotatable bonds is 5. The summed E-state index contributed by atoms with van der Waals surface area (Å²) in [5, 5.41) is 0. The first kappa shape index (κ1) is 19.1. The molecule has 1 fully saturated rings. The molecular formula is C21H22O6. The fourth-order valence-electron chi connectivity index (χ4n) is 2.93. The second-order valence-corrected chi connectivity index (χ2v) is 6.30. The van der Waals surface area contributed by atoms with Gasteiger partial charge in [0.1, 0.15) is 6.10 Å². The average Bonchev–Trinajstić information content (AvgIpc) is 2.71. The lowest BCUT2D eigenvalue weighted by molar-refractivity contribution is -0.250. The number of hydrogen-bond acceptors (Lipinski definition) is 6. The van der Waals surface area contributed by atoms with Crippen LogP contribution in [0.5, 0.6) is 0 Å². The summed E-state index contributed by atoms with van der Waals surface area (Å²) in [6.07, 6.45) is -2.07. The summed E-state index contributed by atoms with van der Waals surface area (Å²) in [5.74, 6) is -0.922. The molecule has 0 bridgehead atoms. The van der Waals surface area contributed by atoms with E-state index in [1.807, 2.05) is 12.1 Å². The molecule has 0 radical (unpaired) electrons. The van der Waals surface area contributed by atoms with E-state index in [1.165, 1.54) is 7.11 Å². The van der Waals surface area contributed by atoms with Gasteiger partial charge in [0, 0.05) is 13.5 Å². The van der Waals surface area contributed by atoms with Crippen molar-refractivity contribution in [3.8, 4) is 0 Å². The minimum atomic E-state index is -0.723. The zero-order chi connectivity index (χ0) is 19.2. The molecule has 2 aromatic carbocycles. The summed E-state index contributed by atoms with van der Waals surface area (Å²) < 4.78 is 22.2. The van der Waals surface area contributed by atoms with Crippen LogP contribution in [0.25, 0.3) is 0 Å². The SMILES string of the molecule is CO[C@@H]1O[C@@H](C)[C@H](OC(=O)c2ccccc2)C[C@H]1OC(=O)c1ccccc1. The molecule has 6 nitrogen and oxygen atoms in total. The molecule has 1 aliphatic rings. The van der Waals surface area contributed by atoms with E-state index in [0.29, 0.717) is 11.1 Å². The summed E-state index contributed by atoms with van der Waals surface area (Å²) in [7, 11) is 1.48. The van der Waals surface area contributed by atoms with E-state index in [2.05, 4.69) is 0 Å². The smallest absolute Gasteiger partial charge is 0.338 e. The third-order valence-corrected chi connectivity index (χ3v) is 4.41. The second kappa shape index (κ2) is 8.79. The van der Waals surface area contributed by atoms with Crippen molar-refractivity contribution in [1.82, 2.24) is 0 Å². The van der Waals surface area contributed by atoms with Crippen molar-refractivity contribution in [2.24, 2.45) is 0 Å². The lowest BCUT2D eigenvalue weighted by Crippen LogP contribution is -2.50. The van der Waals surface area contributed by atoms with Gasteiger partial charge in [0.15, 0.2) is 12.4 Å². The minimum absolute atomic E-state index is 0.289. The molecule has 3 rings (SSSR count). The van der Waals surface area contributed by atoms with Gasteiger partial charge in [-0.1, -0.05) is 36.4 Å². The van der Waals surface area contributed by atoms with Crippen LogP contribution in [0.15, 0.2) is 60.7 Å². The number of hydrogen-bond donors (Lipinski definition) is 0. The molecule has 0 N–H and O–H groups in total. The predicted octanol–water partition coefficient (Wildman–Crippen LogP) is 3.22. The van der Waals surface area contributed by atoms with E-state index in [4.69, 9.17) is 18.9 Å². The zero-order valence-electron chi connectivity index (χ0n) is 15.2. The lowest BCUT2D eigenvalue weighted by Gasteiger charge is -2.38. The van der Waals surface area contributed by atoms with Crippen molar-refractivity contribution < 1.29 is 28.5 Å². The van der Waals surface area contributed by atoms with Crippen molar-refractivity contribution in [2.75, 3.05) is 7.11 Å². The predicted molar refractivity (Wildman–Crippen MR) is 97.3 cm³/mol. The van der Waals surface area contributed by atoms with Gasteiger partial charge in [-0.05, 0) is 31.2 Å². The van der Waals surface area contributed by atoms with Gasteiger partial charge in [0.25, 0.3) is 0 Å². The molecule has 0 amide bonds. The van der Waals surface area contributed by atoms with Crippen molar-refractivity contribution in [2.45, 2.75) is 37.9 Å². The van der Waals surface area contributed by atoms with Gasteiger partial charge in [-0.15, -0.1) is 0 Å². The Morgan fingerprint density at radius 2 is 1.33 bits per heavy atom. The number of ether oxygens (including phenoxy) is 4. The maximum absolute atomic E-state index is 12.4. The summed E-state index contributed by atoms with van der Waals surface area (Å²) in [4.78, 5) is 24.7. The molecule has 0 aromatic heterocycles. The Balaban J connectivity index is 1.68. The molecule has 0 aliphatic carbocycles. The van der Waals surface area contributed by atoms with Crippen LogP contribution >= 0.6 is 0 Å². The average molecular weight is 370 g/mol. The van der Waals surface area contributed by atoms with E-state index < -0.39 is 36.5 Å². The Morgan fingerprint density at radius 3 is 1.81 bits per heavy atom. The highest BCUT2D eigenvalue weighted by atomic mass is 16.7. The van der Waals surface area contributed by atoms with E-state index in [-0.39, 0.29) is 6.42 Å². The molecule has 1 saturated heterocycles. The van der Waals surface area contributed by atoms with E-state index in [9.17, 15) is 9.59 Å². The van der Waals surface area contributed by atoms with Crippen molar-refractivity contribution in [3.05, 3.63) is 71.8 Å². The third kappa shape index (κ3) is 4.72. The van der Waals surface area contributed by atoms with Crippen LogP contribution in [-0.2, 0) is 18.9 Å². The Labute approximate surface area is 158 Å². The lowest BCUT2D eigenvalue weighted by atomic mass is 10.0. The Kier molecular flexibility index (Phi) is 6.21. The third-order valence-electron chi connectivity index (χ3n) is 4.41. The zero-order valence-corrected chi connectivity index (χ0v) is 15.2. The number of esters is 2. The van der Waals surface area contributed by atoms with Gasteiger partial charge in [-0.3, -0.25) is 0 Å². The van der Waals surface area contributed by atoms with Crippen LogP contribution in [0.1, 0.15) is 34.1 Å². The second-order valence-electron chi connectivity index (χ2n) is 6.30. The highest BCUT2D eigenvalue weighted by molar-refractivity contribution is 5.90. The highest BCUT2D eigenvalue weighted by Crippen LogP contribution is 2.27. The van der Waals surface area contributed by atoms with Crippen LogP contribution in [0, 0.1) is 0 Å². The van der Waals surface area contributed by atoms with E-state index >= 15 is 0 Å². The molecule has 1 aliphatic heterocycles. The van der Waals surface area contributed by atoms with Gasteiger partial charge in [-0.2, -0.15) is 0 Å². The molecule has 4 atom stereocenters. The highest BCUT2D eigenvalue weighted by Gasteiger charge is 2.40. The summed E-state index contributed by atoms with van der Waals surface area (Å²) in [5.41, 5.74) is 0.889. The van der Waals surface area contributed by atoms with E-state index in [1.54, 1.807) is 55.5 Å². The number of benzene rings is 2. The summed E-state index contributed by atoms with van der Waals surface area (Å²) in [6.45, 7) is 1.80. The molecule has 2 aromatic rings. The minimum Gasteiger partial charge on any atom is -0.456 e. The van der Waals surface area contributed by atoms with Crippen molar-refractivity contribution in [3.63, 3.8) is 0 Å². The van der Waals surface area contributed by atoms with Crippen LogP contribution in [-0.4, -0.2) is 43.7 Å². The monoisotopic (exact) mass is 370 g/mol. The molecule has 6 heteroatoms. The van der Waals surface area contributed by atoms with Gasteiger partial charge < -0.3 is 18.9 Å². The Hall–Kier alpha value is -2.70. The number of carbonyl (C=O) groups excluding carboxylic acids is 2. The summed E-state index contributed by atoms with van der Waals surface area (Å²) >= 11 is 0. The molecule has 0 saturated carbocycles. The van der Waals surface area contributed by atoms with Gasteiger partial charge in [0.2, 0.25) is 0 Å². The maximum Gasteiger partial charge on any atom is 0.338 e. The molecular weight excluding hydrogens is 348 g/mol. The first-order valence-corrected chi connectivity index (χ1v) is 8.79. The maximum atomic E-state index is 12.4.